The summed E-state index contributed by atoms with van der Waals surface area (Å²) in [5, 5.41) is 0. The summed E-state index contributed by atoms with van der Waals surface area (Å²) >= 11 is 0. The summed E-state index contributed by atoms with van der Waals surface area (Å²) in [4.78, 5) is 17.4. The lowest BCUT2D eigenvalue weighted by Gasteiger charge is -2.42. The van der Waals surface area contributed by atoms with Gasteiger partial charge in [0.25, 0.3) is 0 Å². The second-order valence-electron chi connectivity index (χ2n) is 6.63. The molecule has 20 heavy (non-hydrogen) atoms. The van der Waals surface area contributed by atoms with Crippen molar-refractivity contribution in [1.29, 1.82) is 0 Å². The van der Waals surface area contributed by atoms with Gasteiger partial charge in [0.05, 0.1) is 5.41 Å². The van der Waals surface area contributed by atoms with E-state index in [1.54, 1.807) is 0 Å². The molecule has 1 saturated heterocycles. The van der Waals surface area contributed by atoms with Crippen LogP contribution in [0.2, 0.25) is 0 Å². The van der Waals surface area contributed by atoms with Crippen molar-refractivity contribution in [2.24, 2.45) is 11.1 Å². The molecule has 1 amide bonds. The van der Waals surface area contributed by atoms with Gasteiger partial charge in [-0.2, -0.15) is 0 Å². The highest BCUT2D eigenvalue weighted by atomic mass is 16.2. The monoisotopic (exact) mass is 281 g/mol. The number of nitrogens with zero attached hydrogens (tertiary/aromatic N) is 2. The minimum Gasteiger partial charge on any atom is -0.342 e. The molecule has 1 heterocycles. The number of likely N-dealkylation sites (tertiary alicyclic amines) is 1. The average molecular weight is 281 g/mol. The van der Waals surface area contributed by atoms with Gasteiger partial charge >= 0.3 is 0 Å². The Bertz CT molecular complexity index is 318. The number of amides is 1. The van der Waals surface area contributed by atoms with Gasteiger partial charge in [-0.3, -0.25) is 4.79 Å². The number of carbonyl (C=O) groups excluding carboxylic acids is 1. The van der Waals surface area contributed by atoms with Gasteiger partial charge in [0.2, 0.25) is 5.91 Å². The predicted molar refractivity (Wildman–Crippen MR) is 82.5 cm³/mol. The van der Waals surface area contributed by atoms with Crippen molar-refractivity contribution < 1.29 is 4.79 Å². The molecule has 0 aromatic carbocycles. The Balaban J connectivity index is 1.97. The van der Waals surface area contributed by atoms with Crippen LogP contribution in [0.25, 0.3) is 0 Å². The Morgan fingerprint density at radius 2 is 1.85 bits per heavy atom. The molecule has 0 aromatic rings. The fourth-order valence-electron chi connectivity index (χ4n) is 3.90. The van der Waals surface area contributed by atoms with E-state index >= 15 is 0 Å². The third-order valence-electron chi connectivity index (χ3n) is 5.53. The second kappa shape index (κ2) is 6.90. The molecule has 2 rings (SSSR count). The van der Waals surface area contributed by atoms with Crippen LogP contribution >= 0.6 is 0 Å². The zero-order valence-corrected chi connectivity index (χ0v) is 13.2. The van der Waals surface area contributed by atoms with Crippen LogP contribution in [0.1, 0.15) is 51.9 Å². The lowest BCUT2D eigenvalue weighted by molar-refractivity contribution is -0.145. The summed E-state index contributed by atoms with van der Waals surface area (Å²) in [6.45, 7) is 6.09. The van der Waals surface area contributed by atoms with Gasteiger partial charge in [0, 0.05) is 32.7 Å². The van der Waals surface area contributed by atoms with Gasteiger partial charge in [-0.25, -0.2) is 0 Å². The zero-order valence-electron chi connectivity index (χ0n) is 13.2. The fourth-order valence-corrected chi connectivity index (χ4v) is 3.90. The Morgan fingerprint density at radius 3 is 2.35 bits per heavy atom. The minimum absolute atomic E-state index is 0.255. The number of rotatable bonds is 4. The van der Waals surface area contributed by atoms with Gasteiger partial charge in [-0.1, -0.05) is 26.2 Å². The first-order chi connectivity index (χ1) is 9.63. The molecule has 1 saturated carbocycles. The smallest absolute Gasteiger partial charge is 0.230 e. The van der Waals surface area contributed by atoms with E-state index < -0.39 is 0 Å². The molecule has 0 aromatic heterocycles. The van der Waals surface area contributed by atoms with E-state index in [1.165, 1.54) is 6.42 Å². The van der Waals surface area contributed by atoms with Crippen molar-refractivity contribution in [3.8, 4) is 0 Å². The van der Waals surface area contributed by atoms with Crippen LogP contribution in [0.15, 0.2) is 0 Å². The van der Waals surface area contributed by atoms with Crippen molar-refractivity contribution in [3.63, 3.8) is 0 Å². The molecule has 0 unspecified atom stereocenters. The quantitative estimate of drug-likeness (QED) is 0.855. The van der Waals surface area contributed by atoms with Crippen LogP contribution in [0.5, 0.6) is 0 Å². The molecular weight excluding hydrogens is 250 g/mol. The largest absolute Gasteiger partial charge is 0.342 e. The summed E-state index contributed by atoms with van der Waals surface area (Å²) in [6.07, 6.45) is 7.76. The molecule has 1 aliphatic carbocycles. The van der Waals surface area contributed by atoms with Gasteiger partial charge in [-0.05, 0) is 32.2 Å². The molecule has 0 atom stereocenters. The number of hydrogen-bond acceptors (Lipinski definition) is 3. The van der Waals surface area contributed by atoms with Crippen LogP contribution in [-0.4, -0.2) is 55.0 Å². The summed E-state index contributed by atoms with van der Waals surface area (Å²) in [6, 6.07) is 0.413. The van der Waals surface area contributed by atoms with Gasteiger partial charge in [-0.15, -0.1) is 0 Å². The second-order valence-corrected chi connectivity index (χ2v) is 6.63. The molecule has 1 aliphatic heterocycles. The minimum atomic E-state index is -0.255. The van der Waals surface area contributed by atoms with Crippen LogP contribution in [-0.2, 0) is 4.79 Å². The molecule has 2 aliphatic rings. The van der Waals surface area contributed by atoms with E-state index in [0.29, 0.717) is 18.5 Å². The van der Waals surface area contributed by atoms with Crippen molar-refractivity contribution in [3.05, 3.63) is 0 Å². The molecule has 0 spiro atoms. The molecule has 4 nitrogen and oxygen atoms in total. The predicted octanol–water partition coefficient (Wildman–Crippen LogP) is 1.84. The van der Waals surface area contributed by atoms with E-state index in [4.69, 9.17) is 5.73 Å². The third-order valence-corrected chi connectivity index (χ3v) is 5.53. The van der Waals surface area contributed by atoms with Crippen molar-refractivity contribution in [2.75, 3.05) is 33.2 Å². The fraction of sp³-hybridized carbons (Fsp3) is 0.938. The van der Waals surface area contributed by atoms with Gasteiger partial charge < -0.3 is 15.5 Å². The van der Waals surface area contributed by atoms with Gasteiger partial charge in [0.15, 0.2) is 0 Å². The van der Waals surface area contributed by atoms with Gasteiger partial charge in [0.1, 0.15) is 0 Å². The molecule has 0 bridgehead atoms. The maximum Gasteiger partial charge on any atom is 0.230 e. The lowest BCUT2D eigenvalue weighted by Crippen LogP contribution is -2.53. The van der Waals surface area contributed by atoms with E-state index in [-0.39, 0.29) is 5.41 Å². The summed E-state index contributed by atoms with van der Waals surface area (Å²) in [5.74, 6) is 0.314. The van der Waals surface area contributed by atoms with Crippen LogP contribution < -0.4 is 5.73 Å². The average Bonchev–Trinajstić information content (AvgIpc) is 2.54. The summed E-state index contributed by atoms with van der Waals surface area (Å²) in [5.41, 5.74) is 5.74. The van der Waals surface area contributed by atoms with Crippen LogP contribution in [0, 0.1) is 5.41 Å². The van der Waals surface area contributed by atoms with Crippen molar-refractivity contribution in [1.82, 2.24) is 9.80 Å². The molecule has 0 radical (unpaired) electrons. The highest BCUT2D eigenvalue weighted by Gasteiger charge is 2.41. The summed E-state index contributed by atoms with van der Waals surface area (Å²) < 4.78 is 0. The highest BCUT2D eigenvalue weighted by Crippen LogP contribution is 2.37. The molecule has 2 fully saturated rings. The van der Waals surface area contributed by atoms with Crippen molar-refractivity contribution >= 4 is 5.91 Å². The number of hydrogen-bond donors (Lipinski definition) is 1. The molecule has 2 N–H and O–H groups in total. The van der Waals surface area contributed by atoms with E-state index in [0.717, 1.165) is 58.2 Å². The normalized spacial score (nSPS) is 24.6. The van der Waals surface area contributed by atoms with Crippen molar-refractivity contribution in [2.45, 2.75) is 57.9 Å². The van der Waals surface area contributed by atoms with E-state index in [1.807, 2.05) is 11.9 Å². The SMILES string of the molecule is CCN1CCC(N(C)C(=O)C2(CN)CCCCC2)CC1. The first kappa shape index (κ1) is 15.8. The Labute approximate surface area is 123 Å². The van der Waals surface area contributed by atoms with Crippen LogP contribution in [0.4, 0.5) is 0 Å². The van der Waals surface area contributed by atoms with E-state index in [2.05, 4.69) is 11.8 Å². The number of nitrogens with two attached hydrogens (primary N) is 1. The maximum atomic E-state index is 12.9. The first-order valence-electron chi connectivity index (χ1n) is 8.32. The third kappa shape index (κ3) is 3.17. The molecule has 116 valence electrons. The topological polar surface area (TPSA) is 49.6 Å². The number of piperidine rings is 1. The standard InChI is InChI=1S/C16H31N3O/c1-3-19-11-7-14(8-12-19)18(2)15(20)16(13-17)9-5-4-6-10-16/h14H,3-13,17H2,1-2H3. The Kier molecular flexibility index (Phi) is 5.44. The zero-order chi connectivity index (χ0) is 14.6. The van der Waals surface area contributed by atoms with Crippen LogP contribution in [0.3, 0.4) is 0 Å². The first-order valence-corrected chi connectivity index (χ1v) is 8.32. The number of carbonyl (C=O) groups is 1. The Morgan fingerprint density at radius 1 is 1.25 bits per heavy atom. The van der Waals surface area contributed by atoms with E-state index in [9.17, 15) is 4.79 Å². The Hall–Kier alpha value is -0.610. The summed E-state index contributed by atoms with van der Waals surface area (Å²) in [7, 11) is 2.00. The maximum absolute atomic E-state index is 12.9. The lowest BCUT2D eigenvalue weighted by atomic mass is 9.72. The highest BCUT2D eigenvalue weighted by molar-refractivity contribution is 5.83. The molecule has 4 heteroatoms. The molecular formula is C16H31N3O.